The van der Waals surface area contributed by atoms with Crippen LogP contribution in [0.3, 0.4) is 0 Å². The molecule has 31 heavy (non-hydrogen) atoms. The van der Waals surface area contributed by atoms with Crippen LogP contribution in [0.4, 0.5) is 0 Å². The lowest BCUT2D eigenvalue weighted by molar-refractivity contribution is 0.256. The van der Waals surface area contributed by atoms with Crippen LogP contribution in [0.1, 0.15) is 33.6 Å². The van der Waals surface area contributed by atoms with E-state index in [-0.39, 0.29) is 24.0 Å². The van der Waals surface area contributed by atoms with E-state index in [1.165, 1.54) is 16.0 Å². The molecule has 0 fully saturated rings. The number of ether oxygens (including phenoxy) is 2. The monoisotopic (exact) mass is 559 g/mol. The second kappa shape index (κ2) is 12.4. The van der Waals surface area contributed by atoms with Crippen LogP contribution in [0.15, 0.2) is 17.1 Å². The standard InChI is InChI=1S/C22H33N5O2S.HI/c1-6-23-22(25-13-21-15(2)26-16(3)30-21)24-8-10-27-9-7-17-11-19(28-4)20(29-5)12-18(17)14-27;/h11-12H,6-10,13-14H2,1-5H3,(H2,23,24,25);1H. The third kappa shape index (κ3) is 6.95. The van der Waals surface area contributed by atoms with Gasteiger partial charge in [-0.1, -0.05) is 0 Å². The topological polar surface area (TPSA) is 71.0 Å². The molecule has 1 aromatic carbocycles. The van der Waals surface area contributed by atoms with E-state index < -0.39 is 0 Å². The van der Waals surface area contributed by atoms with Gasteiger partial charge in [0.15, 0.2) is 17.5 Å². The lowest BCUT2D eigenvalue weighted by Crippen LogP contribution is -2.42. The first-order valence-corrected chi connectivity index (χ1v) is 11.3. The van der Waals surface area contributed by atoms with Gasteiger partial charge in [-0.3, -0.25) is 4.90 Å². The zero-order valence-corrected chi connectivity index (χ0v) is 22.2. The number of thiazole rings is 1. The molecule has 172 valence electrons. The highest BCUT2D eigenvalue weighted by Crippen LogP contribution is 2.33. The van der Waals surface area contributed by atoms with Gasteiger partial charge in [0.25, 0.3) is 0 Å². The Morgan fingerprint density at radius 2 is 1.87 bits per heavy atom. The van der Waals surface area contributed by atoms with Crippen molar-refractivity contribution in [1.82, 2.24) is 20.5 Å². The minimum absolute atomic E-state index is 0. The summed E-state index contributed by atoms with van der Waals surface area (Å²) in [5, 5.41) is 7.89. The Morgan fingerprint density at radius 3 is 2.48 bits per heavy atom. The molecule has 2 N–H and O–H groups in total. The van der Waals surface area contributed by atoms with Gasteiger partial charge in [-0.05, 0) is 50.5 Å². The lowest BCUT2D eigenvalue weighted by atomic mass is 9.99. The summed E-state index contributed by atoms with van der Waals surface area (Å²) in [6.07, 6.45) is 1.02. The number of nitrogens with zero attached hydrogens (tertiary/aromatic N) is 3. The summed E-state index contributed by atoms with van der Waals surface area (Å²) in [6, 6.07) is 4.22. The Kier molecular flexibility index (Phi) is 10.3. The minimum atomic E-state index is 0. The van der Waals surface area contributed by atoms with Crippen LogP contribution in [0.25, 0.3) is 0 Å². The van der Waals surface area contributed by atoms with Gasteiger partial charge in [0.05, 0.1) is 31.5 Å². The third-order valence-corrected chi connectivity index (χ3v) is 6.30. The molecule has 3 rings (SSSR count). The molecule has 2 heterocycles. The van der Waals surface area contributed by atoms with E-state index in [2.05, 4.69) is 39.6 Å². The fraction of sp³-hybridized carbons (Fsp3) is 0.545. The third-order valence-electron chi connectivity index (χ3n) is 5.24. The lowest BCUT2D eigenvalue weighted by Gasteiger charge is -2.29. The molecule has 0 spiro atoms. The van der Waals surface area contributed by atoms with Gasteiger partial charge in [-0.15, -0.1) is 35.3 Å². The number of hydrogen-bond donors (Lipinski definition) is 2. The molecular formula is C22H34IN5O2S. The van der Waals surface area contributed by atoms with Crippen molar-refractivity contribution in [3.05, 3.63) is 38.8 Å². The zero-order valence-electron chi connectivity index (χ0n) is 19.1. The maximum Gasteiger partial charge on any atom is 0.191 e. The highest BCUT2D eigenvalue weighted by atomic mass is 127. The smallest absolute Gasteiger partial charge is 0.191 e. The molecule has 0 radical (unpaired) electrons. The fourth-order valence-electron chi connectivity index (χ4n) is 3.68. The van der Waals surface area contributed by atoms with E-state index in [1.54, 1.807) is 25.6 Å². The maximum atomic E-state index is 5.47. The Labute approximate surface area is 206 Å². The van der Waals surface area contributed by atoms with Gasteiger partial charge in [0, 0.05) is 37.6 Å². The molecule has 0 unspecified atom stereocenters. The zero-order chi connectivity index (χ0) is 21.5. The number of halogens is 1. The SMILES string of the molecule is CCNC(=NCc1sc(C)nc1C)NCCN1CCc2cc(OC)c(OC)cc2C1.I. The molecule has 0 saturated carbocycles. The first kappa shape index (κ1) is 25.7. The normalized spacial score (nSPS) is 13.9. The van der Waals surface area contributed by atoms with Crippen molar-refractivity contribution in [2.45, 2.75) is 40.3 Å². The van der Waals surface area contributed by atoms with Gasteiger partial charge < -0.3 is 20.1 Å². The molecule has 9 heteroatoms. The average molecular weight is 560 g/mol. The van der Waals surface area contributed by atoms with E-state index in [0.717, 1.165) is 67.3 Å². The number of benzene rings is 1. The van der Waals surface area contributed by atoms with E-state index >= 15 is 0 Å². The van der Waals surface area contributed by atoms with E-state index in [9.17, 15) is 0 Å². The molecule has 7 nitrogen and oxygen atoms in total. The van der Waals surface area contributed by atoms with E-state index in [1.807, 2.05) is 13.8 Å². The molecular weight excluding hydrogens is 525 g/mol. The van der Waals surface area contributed by atoms with Gasteiger partial charge >= 0.3 is 0 Å². The van der Waals surface area contributed by atoms with Crippen molar-refractivity contribution >= 4 is 41.3 Å². The molecule has 1 aliphatic rings. The Hall–Kier alpha value is -1.59. The van der Waals surface area contributed by atoms with Crippen molar-refractivity contribution in [2.75, 3.05) is 40.4 Å². The summed E-state index contributed by atoms with van der Waals surface area (Å²) in [6.45, 7) is 11.4. The summed E-state index contributed by atoms with van der Waals surface area (Å²) in [7, 11) is 3.37. The van der Waals surface area contributed by atoms with Crippen LogP contribution in [-0.4, -0.2) is 56.2 Å². The maximum absolute atomic E-state index is 5.47. The number of nitrogens with one attached hydrogen (secondary N) is 2. The van der Waals surface area contributed by atoms with Crippen molar-refractivity contribution < 1.29 is 9.47 Å². The number of aryl methyl sites for hydroxylation is 2. The Balaban J connectivity index is 0.00000341. The van der Waals surface area contributed by atoms with Crippen molar-refractivity contribution in [2.24, 2.45) is 4.99 Å². The summed E-state index contributed by atoms with van der Waals surface area (Å²) in [4.78, 5) is 12.9. The predicted molar refractivity (Wildman–Crippen MR) is 138 cm³/mol. The van der Waals surface area contributed by atoms with Crippen molar-refractivity contribution in [3.8, 4) is 11.5 Å². The predicted octanol–water partition coefficient (Wildman–Crippen LogP) is 3.51. The van der Waals surface area contributed by atoms with Gasteiger partial charge in [0.2, 0.25) is 0 Å². The van der Waals surface area contributed by atoms with Crippen LogP contribution >= 0.6 is 35.3 Å². The largest absolute Gasteiger partial charge is 0.493 e. The first-order chi connectivity index (χ1) is 14.5. The number of aromatic nitrogens is 1. The van der Waals surface area contributed by atoms with Crippen LogP contribution in [-0.2, 0) is 19.5 Å². The van der Waals surface area contributed by atoms with Crippen LogP contribution < -0.4 is 20.1 Å². The number of aliphatic imine (C=N–C) groups is 1. The number of guanidine groups is 1. The van der Waals surface area contributed by atoms with Crippen molar-refractivity contribution in [1.29, 1.82) is 0 Å². The van der Waals surface area contributed by atoms with Gasteiger partial charge in [-0.25, -0.2) is 9.98 Å². The highest BCUT2D eigenvalue weighted by molar-refractivity contribution is 14.0. The molecule has 0 aliphatic carbocycles. The molecule has 1 aliphatic heterocycles. The minimum Gasteiger partial charge on any atom is -0.493 e. The van der Waals surface area contributed by atoms with Gasteiger partial charge in [0.1, 0.15) is 0 Å². The Bertz CT molecular complexity index is 887. The average Bonchev–Trinajstić information content (AvgIpc) is 3.07. The summed E-state index contributed by atoms with van der Waals surface area (Å²) < 4.78 is 10.9. The number of hydrogen-bond acceptors (Lipinski definition) is 6. The highest BCUT2D eigenvalue weighted by Gasteiger charge is 2.19. The molecule has 0 saturated heterocycles. The van der Waals surface area contributed by atoms with Crippen LogP contribution in [0, 0.1) is 13.8 Å². The fourth-order valence-corrected chi connectivity index (χ4v) is 4.54. The molecule has 1 aromatic heterocycles. The quantitative estimate of drug-likeness (QED) is 0.293. The first-order valence-electron chi connectivity index (χ1n) is 10.4. The molecule has 0 amide bonds. The van der Waals surface area contributed by atoms with E-state index in [4.69, 9.17) is 14.5 Å². The Morgan fingerprint density at radius 1 is 1.16 bits per heavy atom. The van der Waals surface area contributed by atoms with E-state index in [0.29, 0.717) is 6.54 Å². The number of rotatable bonds is 8. The molecule has 0 atom stereocenters. The van der Waals surface area contributed by atoms with Crippen LogP contribution in [0.5, 0.6) is 11.5 Å². The number of methoxy groups -OCH3 is 2. The van der Waals surface area contributed by atoms with Crippen molar-refractivity contribution in [3.63, 3.8) is 0 Å². The summed E-state index contributed by atoms with van der Waals surface area (Å²) in [5.41, 5.74) is 3.74. The summed E-state index contributed by atoms with van der Waals surface area (Å²) in [5.74, 6) is 2.46. The number of fused-ring (bicyclic) bond motifs is 1. The second-order valence-electron chi connectivity index (χ2n) is 7.37. The molecule has 2 aromatic rings. The second-order valence-corrected chi connectivity index (χ2v) is 8.65. The summed E-state index contributed by atoms with van der Waals surface area (Å²) >= 11 is 1.72. The van der Waals surface area contributed by atoms with Gasteiger partial charge in [-0.2, -0.15) is 0 Å². The van der Waals surface area contributed by atoms with Crippen LogP contribution in [0.2, 0.25) is 0 Å². The molecule has 0 bridgehead atoms.